The summed E-state index contributed by atoms with van der Waals surface area (Å²) >= 11 is 6.18. The highest BCUT2D eigenvalue weighted by molar-refractivity contribution is 6.30. The Morgan fingerprint density at radius 2 is 1.97 bits per heavy atom. The Hall–Kier alpha value is -3.03. The van der Waals surface area contributed by atoms with Gasteiger partial charge in [-0.2, -0.15) is 5.11 Å². The fourth-order valence-corrected chi connectivity index (χ4v) is 5.53. The van der Waals surface area contributed by atoms with Gasteiger partial charge in [-0.05, 0) is 61.6 Å². The van der Waals surface area contributed by atoms with E-state index in [0.29, 0.717) is 36.0 Å². The molecule has 1 aromatic heterocycles. The number of halogens is 1. The van der Waals surface area contributed by atoms with Crippen LogP contribution in [0.4, 0.5) is 11.4 Å². The number of nitrogens with one attached hydrogen (secondary N) is 2. The number of rotatable bonds is 7. The number of ketones is 1. The largest absolute Gasteiger partial charge is 0.386 e. The van der Waals surface area contributed by atoms with E-state index in [1.807, 2.05) is 51.2 Å². The van der Waals surface area contributed by atoms with Crippen molar-refractivity contribution in [1.29, 1.82) is 5.53 Å². The molecule has 0 spiro atoms. The molecule has 2 heterocycles. The van der Waals surface area contributed by atoms with Gasteiger partial charge in [-0.15, -0.1) is 0 Å². The number of aromatic nitrogens is 2. The second kappa shape index (κ2) is 8.96. The molecule has 34 heavy (non-hydrogen) atoms. The third-order valence-corrected chi connectivity index (χ3v) is 7.34. The maximum Gasteiger partial charge on any atom is 0.187 e. The summed E-state index contributed by atoms with van der Waals surface area (Å²) in [6, 6.07) is 12.1. The lowest BCUT2D eigenvalue weighted by molar-refractivity contribution is -0.0255. The highest BCUT2D eigenvalue weighted by Crippen LogP contribution is 2.46. The van der Waals surface area contributed by atoms with Crippen molar-refractivity contribution in [1.82, 2.24) is 9.55 Å². The summed E-state index contributed by atoms with van der Waals surface area (Å²) in [5.41, 5.74) is 13.7. The van der Waals surface area contributed by atoms with Crippen LogP contribution in [-0.2, 0) is 11.2 Å². The molecule has 2 unspecified atom stereocenters. The molecule has 1 aliphatic heterocycles. The van der Waals surface area contributed by atoms with E-state index in [-0.39, 0.29) is 23.7 Å². The fourth-order valence-electron chi connectivity index (χ4n) is 5.41. The molecule has 2 N–H and O–H groups in total. The van der Waals surface area contributed by atoms with Crippen LogP contribution in [0.15, 0.2) is 41.5 Å². The Labute approximate surface area is 204 Å². The number of nitrogens with zero attached hydrogens (tertiary/aromatic N) is 3. The topological polar surface area (TPSA) is 92.4 Å². The Morgan fingerprint density at radius 1 is 1.24 bits per heavy atom. The monoisotopic (exact) mass is 477 g/mol. The van der Waals surface area contributed by atoms with Crippen LogP contribution >= 0.6 is 11.6 Å². The van der Waals surface area contributed by atoms with Crippen molar-refractivity contribution in [2.24, 2.45) is 11.0 Å². The number of hydrogen-bond donors (Lipinski definition) is 2. The lowest BCUT2D eigenvalue weighted by atomic mass is 9.83. The van der Waals surface area contributed by atoms with Crippen LogP contribution in [0.25, 0.3) is 0 Å². The number of benzene rings is 2. The van der Waals surface area contributed by atoms with E-state index in [0.717, 1.165) is 40.3 Å². The average Bonchev–Trinajstić information content (AvgIpc) is 3.25. The second-order valence-corrected chi connectivity index (χ2v) is 9.60. The number of carbonyl (C=O) groups is 1. The normalized spacial score (nSPS) is 19.7. The van der Waals surface area contributed by atoms with Crippen molar-refractivity contribution in [2.45, 2.75) is 38.6 Å². The highest BCUT2D eigenvalue weighted by atomic mass is 35.5. The summed E-state index contributed by atoms with van der Waals surface area (Å²) in [6.45, 7) is 5.23. The SMILES string of the molecule is CNc1cc(CCC2C(=O)c3nc(C)n(C4COC4)c3C2c2ccc(Cl)cc2)cc(C)c1N=N. The van der Waals surface area contributed by atoms with Gasteiger partial charge in [0.2, 0.25) is 0 Å². The van der Waals surface area contributed by atoms with Crippen LogP contribution in [0.5, 0.6) is 0 Å². The van der Waals surface area contributed by atoms with Gasteiger partial charge in [-0.3, -0.25) is 4.79 Å². The molecule has 3 aromatic rings. The molecule has 1 aliphatic carbocycles. The van der Waals surface area contributed by atoms with Gasteiger partial charge in [0.05, 0.1) is 30.6 Å². The van der Waals surface area contributed by atoms with E-state index in [1.165, 1.54) is 0 Å². The van der Waals surface area contributed by atoms with Crippen LogP contribution < -0.4 is 5.32 Å². The van der Waals surface area contributed by atoms with E-state index in [2.05, 4.69) is 21.1 Å². The molecule has 5 rings (SSSR count). The molecule has 0 bridgehead atoms. The van der Waals surface area contributed by atoms with Crippen LogP contribution in [0.2, 0.25) is 5.02 Å². The van der Waals surface area contributed by atoms with Gasteiger partial charge < -0.3 is 14.6 Å². The molecule has 0 radical (unpaired) electrons. The van der Waals surface area contributed by atoms with Crippen molar-refractivity contribution in [3.05, 3.63) is 75.3 Å². The minimum absolute atomic E-state index is 0.0750. The number of fused-ring (bicyclic) bond motifs is 1. The molecule has 1 fully saturated rings. The van der Waals surface area contributed by atoms with E-state index in [1.54, 1.807) is 0 Å². The van der Waals surface area contributed by atoms with Crippen LogP contribution in [0.3, 0.4) is 0 Å². The molecule has 176 valence electrons. The number of anilines is 1. The fraction of sp³-hybridized carbons (Fsp3) is 0.385. The van der Waals surface area contributed by atoms with Gasteiger partial charge >= 0.3 is 0 Å². The van der Waals surface area contributed by atoms with Gasteiger partial charge in [0.1, 0.15) is 17.2 Å². The first-order valence-electron chi connectivity index (χ1n) is 11.6. The van der Waals surface area contributed by atoms with Crippen molar-refractivity contribution in [3.63, 3.8) is 0 Å². The molecule has 2 aromatic carbocycles. The number of Topliss-reactive ketones (excluding diaryl/α,β-unsaturated/α-hetero) is 1. The van der Waals surface area contributed by atoms with E-state index in [4.69, 9.17) is 26.9 Å². The number of aryl methyl sites for hydroxylation is 3. The standard InChI is InChI=1S/C26H28ClN5O2/c1-14-10-16(11-21(29-3)23(14)31-28)4-9-20-22(17-5-7-18(27)8-6-17)25-24(26(20)33)30-15(2)32(25)19-12-34-13-19/h5-8,10-11,19-20,22,28-29H,4,9,12-13H2,1-3H3. The number of carbonyl (C=O) groups excluding carboxylic acids is 1. The van der Waals surface area contributed by atoms with Gasteiger partial charge in [0.25, 0.3) is 0 Å². The third kappa shape index (κ3) is 3.73. The summed E-state index contributed by atoms with van der Waals surface area (Å²) in [5.74, 6) is 0.702. The van der Waals surface area contributed by atoms with Crippen molar-refractivity contribution >= 4 is 28.8 Å². The van der Waals surface area contributed by atoms with Crippen LogP contribution in [0, 0.1) is 25.3 Å². The van der Waals surface area contributed by atoms with Gasteiger partial charge in [-0.1, -0.05) is 29.8 Å². The summed E-state index contributed by atoms with van der Waals surface area (Å²) < 4.78 is 7.69. The lowest BCUT2D eigenvalue weighted by Gasteiger charge is -2.32. The Kier molecular flexibility index (Phi) is 6.00. The quantitative estimate of drug-likeness (QED) is 0.408. The second-order valence-electron chi connectivity index (χ2n) is 9.16. The Balaban J connectivity index is 1.52. The number of ether oxygens (including phenoxy) is 1. The van der Waals surface area contributed by atoms with Crippen LogP contribution in [0.1, 0.15) is 57.1 Å². The molecule has 0 amide bonds. The summed E-state index contributed by atoms with van der Waals surface area (Å²) in [5, 5.41) is 7.47. The van der Waals surface area contributed by atoms with Crippen LogP contribution in [-0.4, -0.2) is 35.6 Å². The zero-order valence-electron chi connectivity index (χ0n) is 19.6. The first-order chi connectivity index (χ1) is 16.4. The predicted octanol–water partition coefficient (Wildman–Crippen LogP) is 6.01. The molecule has 8 heteroatoms. The number of imidazole rings is 1. The molecular formula is C26H28ClN5O2. The Bertz CT molecular complexity index is 1260. The maximum absolute atomic E-state index is 13.7. The van der Waals surface area contributed by atoms with E-state index >= 15 is 0 Å². The zero-order chi connectivity index (χ0) is 24.0. The van der Waals surface area contributed by atoms with Crippen molar-refractivity contribution in [2.75, 3.05) is 25.6 Å². The first-order valence-corrected chi connectivity index (χ1v) is 12.0. The number of hydrogen-bond acceptors (Lipinski definition) is 6. The summed E-state index contributed by atoms with van der Waals surface area (Å²) in [6.07, 6.45) is 1.44. The zero-order valence-corrected chi connectivity index (χ0v) is 20.3. The molecule has 1 saturated heterocycles. The predicted molar refractivity (Wildman–Crippen MR) is 132 cm³/mol. The lowest BCUT2D eigenvalue weighted by Crippen LogP contribution is -2.33. The maximum atomic E-state index is 13.7. The molecular weight excluding hydrogens is 450 g/mol. The minimum Gasteiger partial charge on any atom is -0.386 e. The summed E-state index contributed by atoms with van der Waals surface area (Å²) in [4.78, 5) is 18.4. The third-order valence-electron chi connectivity index (χ3n) is 7.09. The van der Waals surface area contributed by atoms with Crippen molar-refractivity contribution < 1.29 is 9.53 Å². The van der Waals surface area contributed by atoms with Crippen molar-refractivity contribution in [3.8, 4) is 0 Å². The highest BCUT2D eigenvalue weighted by Gasteiger charge is 2.46. The first kappa shape index (κ1) is 22.7. The average molecular weight is 478 g/mol. The van der Waals surface area contributed by atoms with Gasteiger partial charge in [-0.25, -0.2) is 10.5 Å². The van der Waals surface area contributed by atoms with Gasteiger partial charge in [0, 0.05) is 23.9 Å². The minimum atomic E-state index is -0.203. The molecule has 0 saturated carbocycles. The van der Waals surface area contributed by atoms with E-state index < -0.39 is 0 Å². The molecule has 7 nitrogen and oxygen atoms in total. The smallest absolute Gasteiger partial charge is 0.187 e. The molecule has 2 aliphatic rings. The Morgan fingerprint density at radius 3 is 2.59 bits per heavy atom. The summed E-state index contributed by atoms with van der Waals surface area (Å²) in [7, 11) is 1.83. The van der Waals surface area contributed by atoms with E-state index in [9.17, 15) is 4.79 Å². The molecule has 2 atom stereocenters. The van der Waals surface area contributed by atoms with Gasteiger partial charge in [0.15, 0.2) is 5.78 Å².